The molecule has 1 aromatic rings. The fourth-order valence-electron chi connectivity index (χ4n) is 1.78. The Labute approximate surface area is 130 Å². The fourth-order valence-corrected chi connectivity index (χ4v) is 3.71. The van der Waals surface area contributed by atoms with Gasteiger partial charge >= 0.3 is 0 Å². The van der Waals surface area contributed by atoms with Gasteiger partial charge in [-0.2, -0.15) is 0 Å². The number of hydrogen-bond acceptors (Lipinski definition) is 4. The van der Waals surface area contributed by atoms with Crippen LogP contribution in [0.25, 0.3) is 0 Å². The molecule has 0 saturated carbocycles. The predicted octanol–water partition coefficient (Wildman–Crippen LogP) is 1.62. The van der Waals surface area contributed by atoms with Crippen LogP contribution in [0.2, 0.25) is 0 Å². The Morgan fingerprint density at radius 1 is 1.60 bits per heavy atom. The Hall–Kier alpha value is -0.340. The number of aliphatic hydroxyl groups excluding tert-OH is 1. The molecule has 0 saturated heterocycles. The van der Waals surface area contributed by atoms with Crippen molar-refractivity contribution < 1.29 is 9.66 Å². The lowest BCUT2D eigenvalue weighted by Crippen LogP contribution is -2.32. The van der Waals surface area contributed by atoms with Crippen molar-refractivity contribution in [1.29, 1.82) is 0 Å². The van der Waals surface area contributed by atoms with Crippen LogP contribution in [0.5, 0.6) is 0 Å². The van der Waals surface area contributed by atoms with Crippen LogP contribution in [0.4, 0.5) is 0 Å². The molecular weight excluding hydrogens is 344 g/mol. The Morgan fingerprint density at radius 3 is 2.90 bits per heavy atom. The molecule has 0 aliphatic heterocycles. The highest BCUT2D eigenvalue weighted by atomic mass is 79.9. The third-order valence-electron chi connectivity index (χ3n) is 2.96. The topological polar surface area (TPSA) is 77.3 Å². The lowest BCUT2D eigenvalue weighted by Gasteiger charge is -2.21. The summed E-state index contributed by atoms with van der Waals surface area (Å²) in [6.07, 6.45) is 3.94. The zero-order chi connectivity index (χ0) is 15.1. The minimum atomic E-state index is -1.16. The van der Waals surface area contributed by atoms with Gasteiger partial charge in [0.15, 0.2) is 0 Å². The van der Waals surface area contributed by atoms with Gasteiger partial charge in [0.1, 0.15) is 5.75 Å². The number of halogens is 1. The summed E-state index contributed by atoms with van der Waals surface area (Å²) < 4.78 is 17.2. The number of pyridine rings is 1. The molecule has 0 unspecified atom stereocenters. The number of rotatable bonds is 8. The van der Waals surface area contributed by atoms with Crippen LogP contribution < -0.4 is 10.3 Å². The number of aryl methyl sites for hydroxylation is 1. The van der Waals surface area contributed by atoms with Gasteiger partial charge in [0.2, 0.25) is 0 Å². The molecule has 7 heteroatoms. The summed E-state index contributed by atoms with van der Waals surface area (Å²) in [6, 6.07) is 1.20. The maximum atomic E-state index is 11.9. The van der Waals surface area contributed by atoms with E-state index in [4.69, 9.17) is 5.11 Å². The van der Waals surface area contributed by atoms with Crippen molar-refractivity contribution in [3.05, 3.63) is 32.7 Å². The van der Waals surface area contributed by atoms with Crippen molar-refractivity contribution >= 4 is 27.3 Å². The van der Waals surface area contributed by atoms with Gasteiger partial charge in [-0.3, -0.25) is 4.79 Å². The molecule has 0 bridgehead atoms. The molecule has 0 spiro atoms. The van der Waals surface area contributed by atoms with Gasteiger partial charge in [0, 0.05) is 41.8 Å². The Morgan fingerprint density at radius 2 is 2.30 bits per heavy atom. The van der Waals surface area contributed by atoms with E-state index in [1.165, 1.54) is 10.6 Å². The minimum Gasteiger partial charge on any atom is -0.598 e. The number of nitrogens with zero attached hydrogens (tertiary/aromatic N) is 1. The standard InChI is InChI=1S/C13H21BrN2O3S/c1-3-4-7-20(19)15-12(5-6-17)10-8-13(18)16(2)9-11(10)14/h8-9,12,15,17H,3-7H2,1-2H3/t12-,20-/m0/s1. The third kappa shape index (κ3) is 5.21. The van der Waals surface area contributed by atoms with Crippen LogP contribution in [-0.4, -0.2) is 26.6 Å². The zero-order valence-corrected chi connectivity index (χ0v) is 14.2. The van der Waals surface area contributed by atoms with E-state index in [0.29, 0.717) is 12.2 Å². The van der Waals surface area contributed by atoms with Crippen LogP contribution in [0.1, 0.15) is 37.8 Å². The van der Waals surface area contributed by atoms with Crippen LogP contribution in [-0.2, 0) is 18.4 Å². The summed E-state index contributed by atoms with van der Waals surface area (Å²) in [7, 11) is 1.67. The van der Waals surface area contributed by atoms with Crippen LogP contribution in [0.15, 0.2) is 21.5 Å². The Kier molecular flexibility index (Phi) is 7.83. The van der Waals surface area contributed by atoms with Gasteiger partial charge < -0.3 is 14.2 Å². The van der Waals surface area contributed by atoms with Crippen molar-refractivity contribution in [3.8, 4) is 0 Å². The lowest BCUT2D eigenvalue weighted by atomic mass is 10.1. The highest BCUT2D eigenvalue weighted by molar-refractivity contribution is 9.10. The summed E-state index contributed by atoms with van der Waals surface area (Å²) in [5.41, 5.74) is 0.597. The van der Waals surface area contributed by atoms with Crippen LogP contribution in [0.3, 0.4) is 0 Å². The normalized spacial score (nSPS) is 14.2. The first-order chi connectivity index (χ1) is 9.49. The first-order valence-corrected chi connectivity index (χ1v) is 8.72. The number of unbranched alkanes of at least 4 members (excludes halogenated alkanes) is 1. The van der Waals surface area contributed by atoms with Crippen molar-refractivity contribution in [3.63, 3.8) is 0 Å². The van der Waals surface area contributed by atoms with Gasteiger partial charge in [0.25, 0.3) is 5.56 Å². The van der Waals surface area contributed by atoms with E-state index in [0.717, 1.165) is 22.9 Å². The van der Waals surface area contributed by atoms with Crippen molar-refractivity contribution in [1.82, 2.24) is 9.29 Å². The molecule has 1 rings (SSSR count). The monoisotopic (exact) mass is 364 g/mol. The van der Waals surface area contributed by atoms with Gasteiger partial charge in [-0.05, 0) is 34.3 Å². The van der Waals surface area contributed by atoms with Gasteiger partial charge in [-0.1, -0.05) is 13.3 Å². The molecule has 114 valence electrons. The fraction of sp³-hybridized carbons (Fsp3) is 0.615. The first-order valence-electron chi connectivity index (χ1n) is 6.61. The summed E-state index contributed by atoms with van der Waals surface area (Å²) in [4.78, 5) is 11.7. The van der Waals surface area contributed by atoms with E-state index < -0.39 is 11.4 Å². The van der Waals surface area contributed by atoms with Gasteiger partial charge in [0.05, 0.1) is 6.04 Å². The maximum Gasteiger partial charge on any atom is 0.250 e. The van der Waals surface area contributed by atoms with Gasteiger partial charge in [-0.15, -0.1) is 4.72 Å². The molecule has 2 N–H and O–H groups in total. The molecule has 0 radical (unpaired) electrons. The van der Waals surface area contributed by atoms with Crippen LogP contribution in [0, 0.1) is 0 Å². The molecule has 20 heavy (non-hydrogen) atoms. The molecule has 0 aliphatic carbocycles. The average Bonchev–Trinajstić information content (AvgIpc) is 2.40. The number of aromatic nitrogens is 1. The molecule has 0 amide bonds. The molecule has 0 aromatic carbocycles. The SMILES string of the molecule is CCCC[S@+]([O-])N[C@@H](CCO)c1cc(=O)n(C)cc1Br. The summed E-state index contributed by atoms with van der Waals surface area (Å²) in [6.45, 7) is 2.00. The maximum absolute atomic E-state index is 11.9. The predicted molar refractivity (Wildman–Crippen MR) is 84.9 cm³/mol. The largest absolute Gasteiger partial charge is 0.598 e. The second kappa shape index (κ2) is 8.84. The Bertz CT molecular complexity index is 481. The molecule has 2 atom stereocenters. The second-order valence-corrected chi connectivity index (χ2v) is 6.80. The highest BCUT2D eigenvalue weighted by Crippen LogP contribution is 2.24. The van der Waals surface area contributed by atoms with Crippen molar-refractivity contribution in [2.75, 3.05) is 12.4 Å². The lowest BCUT2D eigenvalue weighted by molar-refractivity contribution is 0.272. The summed E-state index contributed by atoms with van der Waals surface area (Å²) >= 11 is 2.25. The number of aliphatic hydroxyl groups is 1. The van der Waals surface area contributed by atoms with E-state index in [-0.39, 0.29) is 18.2 Å². The van der Waals surface area contributed by atoms with Crippen LogP contribution >= 0.6 is 15.9 Å². The first kappa shape index (κ1) is 17.7. The van der Waals surface area contributed by atoms with E-state index >= 15 is 0 Å². The number of hydrogen-bond donors (Lipinski definition) is 2. The number of nitrogens with one attached hydrogen (secondary N) is 1. The Balaban J connectivity index is 2.90. The molecule has 0 aliphatic rings. The van der Waals surface area contributed by atoms with Crippen molar-refractivity contribution in [2.45, 2.75) is 32.2 Å². The molecule has 0 fully saturated rings. The molecule has 5 nitrogen and oxygen atoms in total. The quantitative estimate of drug-likeness (QED) is 0.687. The average molecular weight is 365 g/mol. The third-order valence-corrected chi connectivity index (χ3v) is 4.83. The molecule has 1 heterocycles. The zero-order valence-electron chi connectivity index (χ0n) is 11.8. The highest BCUT2D eigenvalue weighted by Gasteiger charge is 2.20. The smallest absolute Gasteiger partial charge is 0.250 e. The van der Waals surface area contributed by atoms with E-state index in [1.54, 1.807) is 13.2 Å². The molecular formula is C13H21BrN2O3S. The second-order valence-electron chi connectivity index (χ2n) is 4.61. The van der Waals surface area contributed by atoms with E-state index in [1.807, 2.05) is 6.92 Å². The van der Waals surface area contributed by atoms with Crippen molar-refractivity contribution in [2.24, 2.45) is 7.05 Å². The molecule has 1 aromatic heterocycles. The summed E-state index contributed by atoms with van der Waals surface area (Å²) in [5, 5.41) is 9.16. The minimum absolute atomic E-state index is 0.0374. The summed E-state index contributed by atoms with van der Waals surface area (Å²) in [5.74, 6) is 0.570. The van der Waals surface area contributed by atoms with E-state index in [9.17, 15) is 9.35 Å². The van der Waals surface area contributed by atoms with E-state index in [2.05, 4.69) is 20.7 Å². The van der Waals surface area contributed by atoms with Gasteiger partial charge in [-0.25, -0.2) is 0 Å².